The molecular formula is C42H51Cl2N5O7. The second-order valence-corrected chi connectivity index (χ2v) is 16.3. The standard InChI is InChI=1S/C42H51Cl2N5O7/c1-26-12-14-31-22-30(26)24-45-39(52)34(15-13-27-9-6-5-7-10-27)47-40(53)35(23-37(51)49-17-8-11-28(25-49)16-18-55-31)46-36(50)21-29-19-32(43)38(33(44)20-29)48-41(54)56-42(2,3)4/h5-7,9-10,12,14,19-20,22,28,34-35H,8,11,13,15-18,21,23-25H2,1-4H3,(H,45,52)(H,46,50)(H,47,53)(H,48,54)/t28?,34-,35-/m0/s1. The van der Waals surface area contributed by atoms with Crippen LogP contribution in [-0.4, -0.2) is 72.0 Å². The van der Waals surface area contributed by atoms with E-state index in [1.165, 1.54) is 12.1 Å². The number of carbonyl (C=O) groups excluding carboxylic acids is 5. The molecule has 56 heavy (non-hydrogen) atoms. The Balaban J connectivity index is 1.38. The van der Waals surface area contributed by atoms with Crippen molar-refractivity contribution >= 4 is 58.6 Å². The van der Waals surface area contributed by atoms with Crippen molar-refractivity contribution in [1.82, 2.24) is 20.9 Å². The number of piperidine rings is 1. The molecule has 0 saturated carbocycles. The molecule has 2 heterocycles. The quantitative estimate of drug-likeness (QED) is 0.212. The normalized spacial score (nSPS) is 19.7. The number of amides is 5. The summed E-state index contributed by atoms with van der Waals surface area (Å²) in [6.07, 6.45) is 1.95. The third-order valence-electron chi connectivity index (χ3n) is 9.76. The van der Waals surface area contributed by atoms with Crippen LogP contribution >= 0.6 is 23.2 Å². The highest BCUT2D eigenvalue weighted by Crippen LogP contribution is 2.33. The largest absolute Gasteiger partial charge is 0.494 e. The lowest BCUT2D eigenvalue weighted by Crippen LogP contribution is -2.55. The molecule has 0 aliphatic carbocycles. The number of anilines is 1. The fourth-order valence-electron chi connectivity index (χ4n) is 6.80. The summed E-state index contributed by atoms with van der Waals surface area (Å²) in [6.45, 7) is 8.84. The summed E-state index contributed by atoms with van der Waals surface area (Å²) in [4.78, 5) is 69.5. The third-order valence-corrected chi connectivity index (χ3v) is 10.4. The van der Waals surface area contributed by atoms with Crippen LogP contribution in [0.25, 0.3) is 0 Å². The average Bonchev–Trinajstić information content (AvgIpc) is 3.14. The van der Waals surface area contributed by atoms with E-state index in [0.717, 1.165) is 36.0 Å². The maximum atomic E-state index is 14.1. The highest BCUT2D eigenvalue weighted by Gasteiger charge is 2.32. The van der Waals surface area contributed by atoms with Crippen molar-refractivity contribution in [3.05, 3.63) is 93.0 Å². The number of hydrogen-bond acceptors (Lipinski definition) is 7. The van der Waals surface area contributed by atoms with Gasteiger partial charge >= 0.3 is 6.09 Å². The Hall–Kier alpha value is -4.81. The lowest BCUT2D eigenvalue weighted by molar-refractivity contribution is -0.138. The van der Waals surface area contributed by atoms with Gasteiger partial charge in [-0.1, -0.05) is 59.6 Å². The van der Waals surface area contributed by atoms with Gasteiger partial charge in [0.15, 0.2) is 0 Å². The van der Waals surface area contributed by atoms with E-state index in [1.54, 1.807) is 25.7 Å². The molecule has 5 rings (SSSR count). The molecule has 4 N–H and O–H groups in total. The van der Waals surface area contributed by atoms with E-state index in [0.29, 0.717) is 37.4 Å². The van der Waals surface area contributed by atoms with Crippen LogP contribution < -0.4 is 26.0 Å². The smallest absolute Gasteiger partial charge is 0.412 e. The van der Waals surface area contributed by atoms with Gasteiger partial charge in [0.2, 0.25) is 23.6 Å². The maximum Gasteiger partial charge on any atom is 0.412 e. The van der Waals surface area contributed by atoms with Crippen molar-refractivity contribution in [2.75, 3.05) is 25.0 Å². The summed E-state index contributed by atoms with van der Waals surface area (Å²) in [5.41, 5.74) is 2.63. The molecule has 3 aromatic carbocycles. The van der Waals surface area contributed by atoms with Crippen LogP contribution in [0.3, 0.4) is 0 Å². The number of halogens is 2. The van der Waals surface area contributed by atoms with Crippen molar-refractivity contribution < 1.29 is 33.4 Å². The molecule has 0 spiro atoms. The number of carbonyl (C=O) groups is 5. The van der Waals surface area contributed by atoms with Gasteiger partial charge in [0.25, 0.3) is 0 Å². The zero-order valence-corrected chi connectivity index (χ0v) is 33.9. The van der Waals surface area contributed by atoms with Crippen LogP contribution in [0.5, 0.6) is 5.75 Å². The number of rotatable bonds is 7. The molecule has 12 nitrogen and oxygen atoms in total. The Morgan fingerprint density at radius 1 is 0.964 bits per heavy atom. The summed E-state index contributed by atoms with van der Waals surface area (Å²) in [7, 11) is 0. The fraction of sp³-hybridized carbons (Fsp3) is 0.452. The van der Waals surface area contributed by atoms with Crippen LogP contribution in [0.2, 0.25) is 10.0 Å². The Morgan fingerprint density at radius 3 is 2.41 bits per heavy atom. The van der Waals surface area contributed by atoms with Crippen LogP contribution in [0.1, 0.15) is 75.1 Å². The minimum absolute atomic E-state index is 0.0783. The number of aryl methyl sites for hydroxylation is 2. The van der Waals surface area contributed by atoms with Crippen molar-refractivity contribution in [3.8, 4) is 5.75 Å². The molecule has 5 amide bonds. The van der Waals surface area contributed by atoms with Crippen molar-refractivity contribution in [2.24, 2.45) is 5.92 Å². The summed E-state index contributed by atoms with van der Waals surface area (Å²) in [5.74, 6) is -1.00. The number of hydrogen-bond donors (Lipinski definition) is 4. The minimum Gasteiger partial charge on any atom is -0.494 e. The summed E-state index contributed by atoms with van der Waals surface area (Å²) in [6, 6.07) is 16.1. The first-order valence-corrected chi connectivity index (χ1v) is 19.8. The minimum atomic E-state index is -1.29. The molecule has 1 saturated heterocycles. The highest BCUT2D eigenvalue weighted by molar-refractivity contribution is 6.39. The zero-order valence-electron chi connectivity index (χ0n) is 32.3. The molecule has 4 bridgehead atoms. The molecule has 0 aromatic heterocycles. The van der Waals surface area contributed by atoms with E-state index in [2.05, 4.69) is 21.3 Å². The van der Waals surface area contributed by atoms with Crippen molar-refractivity contribution in [3.63, 3.8) is 0 Å². The van der Waals surface area contributed by atoms with Gasteiger partial charge in [0.1, 0.15) is 23.4 Å². The van der Waals surface area contributed by atoms with Crippen LogP contribution in [0.15, 0.2) is 60.7 Å². The highest BCUT2D eigenvalue weighted by atomic mass is 35.5. The topological polar surface area (TPSA) is 155 Å². The van der Waals surface area contributed by atoms with E-state index < -0.39 is 41.5 Å². The molecule has 3 atom stereocenters. The predicted molar refractivity (Wildman–Crippen MR) is 216 cm³/mol. The van der Waals surface area contributed by atoms with E-state index in [4.69, 9.17) is 32.7 Å². The Labute approximate surface area is 338 Å². The zero-order chi connectivity index (χ0) is 40.4. The molecule has 1 unspecified atom stereocenters. The molecular weight excluding hydrogens is 757 g/mol. The number of nitrogens with one attached hydrogen (secondary N) is 4. The molecule has 3 aromatic rings. The molecule has 2 aliphatic heterocycles. The van der Waals surface area contributed by atoms with Crippen LogP contribution in [-0.2, 0) is 43.3 Å². The number of benzene rings is 3. The molecule has 1 fully saturated rings. The predicted octanol–water partition coefficient (Wildman–Crippen LogP) is 6.52. The van der Waals surface area contributed by atoms with Crippen LogP contribution in [0, 0.1) is 12.8 Å². The molecule has 300 valence electrons. The van der Waals surface area contributed by atoms with Crippen molar-refractivity contribution in [1.29, 1.82) is 0 Å². The number of fused-ring (bicyclic) bond motifs is 4. The van der Waals surface area contributed by atoms with Gasteiger partial charge in [-0.05, 0) is 112 Å². The summed E-state index contributed by atoms with van der Waals surface area (Å²) >= 11 is 12.9. The first-order chi connectivity index (χ1) is 26.6. The Kier molecular flexibility index (Phi) is 14.6. The lowest BCUT2D eigenvalue weighted by atomic mass is 9.94. The van der Waals surface area contributed by atoms with E-state index in [-0.39, 0.29) is 53.4 Å². The molecule has 2 aliphatic rings. The average molecular weight is 809 g/mol. The lowest BCUT2D eigenvalue weighted by Gasteiger charge is -2.34. The Bertz CT molecular complexity index is 1880. The van der Waals surface area contributed by atoms with Gasteiger partial charge in [0.05, 0.1) is 35.2 Å². The monoisotopic (exact) mass is 807 g/mol. The molecule has 0 radical (unpaired) electrons. The fourth-order valence-corrected chi connectivity index (χ4v) is 7.42. The first kappa shape index (κ1) is 42.3. The first-order valence-electron chi connectivity index (χ1n) is 19.0. The molecule has 14 heteroatoms. The Morgan fingerprint density at radius 2 is 1.70 bits per heavy atom. The van der Waals surface area contributed by atoms with E-state index >= 15 is 0 Å². The van der Waals surface area contributed by atoms with Gasteiger partial charge in [-0.2, -0.15) is 0 Å². The van der Waals surface area contributed by atoms with E-state index in [9.17, 15) is 24.0 Å². The van der Waals surface area contributed by atoms with Gasteiger partial charge < -0.3 is 30.3 Å². The van der Waals surface area contributed by atoms with Gasteiger partial charge in [-0.3, -0.25) is 24.5 Å². The SMILES string of the molecule is Cc1ccc2cc1CNC(=O)[C@H](CCc1ccccc1)NC(=O)[C@@H](NC(=O)Cc1cc(Cl)c(NC(=O)OC(C)(C)C)c(Cl)c1)CC(=O)N1CCCC(CCO2)C1. The third kappa shape index (κ3) is 12.6. The summed E-state index contributed by atoms with van der Waals surface area (Å²) < 4.78 is 11.4. The van der Waals surface area contributed by atoms with Gasteiger partial charge in [0, 0.05) is 19.6 Å². The van der Waals surface area contributed by atoms with Crippen LogP contribution in [0.4, 0.5) is 10.5 Å². The number of nitrogens with zero attached hydrogens (tertiary/aromatic N) is 1. The van der Waals surface area contributed by atoms with Crippen molar-refractivity contribution in [2.45, 2.75) is 96.9 Å². The summed E-state index contributed by atoms with van der Waals surface area (Å²) in [5, 5.41) is 11.3. The second kappa shape index (κ2) is 19.4. The van der Waals surface area contributed by atoms with E-state index in [1.807, 2.05) is 55.5 Å². The van der Waals surface area contributed by atoms with Gasteiger partial charge in [-0.15, -0.1) is 0 Å². The number of ether oxygens (including phenoxy) is 2. The maximum absolute atomic E-state index is 14.1. The second-order valence-electron chi connectivity index (χ2n) is 15.4. The van der Waals surface area contributed by atoms with Gasteiger partial charge in [-0.25, -0.2) is 4.79 Å².